The highest BCUT2D eigenvalue weighted by atomic mass is 16.2. The summed E-state index contributed by atoms with van der Waals surface area (Å²) in [5, 5.41) is 6.15. The van der Waals surface area contributed by atoms with Gasteiger partial charge in [0.1, 0.15) is 5.54 Å². The Labute approximate surface area is 124 Å². The van der Waals surface area contributed by atoms with Crippen molar-refractivity contribution in [3.63, 3.8) is 0 Å². The van der Waals surface area contributed by atoms with E-state index in [9.17, 15) is 9.59 Å². The summed E-state index contributed by atoms with van der Waals surface area (Å²) in [7, 11) is 0. The Morgan fingerprint density at radius 2 is 2.05 bits per heavy atom. The summed E-state index contributed by atoms with van der Waals surface area (Å²) < 4.78 is 0. The van der Waals surface area contributed by atoms with E-state index in [4.69, 9.17) is 0 Å². The molecule has 0 radical (unpaired) electrons. The zero-order chi connectivity index (χ0) is 15.0. The van der Waals surface area contributed by atoms with Gasteiger partial charge in [0.25, 0.3) is 0 Å². The van der Waals surface area contributed by atoms with Gasteiger partial charge in [-0.1, -0.05) is 18.2 Å². The lowest BCUT2D eigenvalue weighted by atomic mass is 9.90. The second-order valence-electron chi connectivity index (χ2n) is 6.24. The number of nitrogens with one attached hydrogen (secondary N) is 2. The van der Waals surface area contributed by atoms with Gasteiger partial charge in [-0.2, -0.15) is 0 Å². The van der Waals surface area contributed by atoms with Gasteiger partial charge >= 0.3 is 0 Å². The maximum Gasteiger partial charge on any atom is 0.245 e. The summed E-state index contributed by atoms with van der Waals surface area (Å²) in [5.41, 5.74) is 1.50. The molecule has 2 aliphatic heterocycles. The molecule has 1 aromatic carbocycles. The largest absolute Gasteiger partial charge is 0.384 e. The van der Waals surface area contributed by atoms with Crippen LogP contribution in [0, 0.1) is 5.92 Å². The normalized spacial score (nSPS) is 23.8. The fourth-order valence-corrected chi connectivity index (χ4v) is 3.12. The summed E-state index contributed by atoms with van der Waals surface area (Å²) in [5.74, 6) is -0.117. The highest BCUT2D eigenvalue weighted by molar-refractivity contribution is 5.93. The minimum atomic E-state index is -0.772. The van der Waals surface area contributed by atoms with E-state index in [1.54, 1.807) is 4.90 Å². The molecule has 1 unspecified atom stereocenters. The first-order chi connectivity index (χ1) is 10.00. The van der Waals surface area contributed by atoms with Gasteiger partial charge in [0.05, 0.1) is 5.92 Å². The highest BCUT2D eigenvalue weighted by Gasteiger charge is 2.42. The van der Waals surface area contributed by atoms with Gasteiger partial charge in [0.2, 0.25) is 11.8 Å². The first kappa shape index (κ1) is 13.9. The number of rotatable bonds is 1. The molecule has 1 atom stereocenters. The van der Waals surface area contributed by atoms with Gasteiger partial charge in [-0.15, -0.1) is 0 Å². The van der Waals surface area contributed by atoms with Gasteiger partial charge in [0.15, 0.2) is 0 Å². The molecular formula is C16H21N3O2. The molecule has 2 amide bonds. The minimum absolute atomic E-state index is 0.0665. The molecule has 1 fully saturated rings. The number of carbonyl (C=O) groups is 2. The van der Waals surface area contributed by atoms with E-state index in [0.29, 0.717) is 19.6 Å². The molecule has 0 spiro atoms. The van der Waals surface area contributed by atoms with E-state index in [-0.39, 0.29) is 17.7 Å². The predicted octanol–water partition coefficient (Wildman–Crippen LogP) is 1.01. The van der Waals surface area contributed by atoms with E-state index in [1.165, 1.54) is 5.56 Å². The number of piperazine rings is 1. The topological polar surface area (TPSA) is 61.4 Å². The van der Waals surface area contributed by atoms with Gasteiger partial charge in [-0.05, 0) is 31.9 Å². The predicted molar refractivity (Wildman–Crippen MR) is 80.9 cm³/mol. The summed E-state index contributed by atoms with van der Waals surface area (Å²) in [6.07, 6.45) is 0.732. The van der Waals surface area contributed by atoms with E-state index < -0.39 is 5.54 Å². The second kappa shape index (κ2) is 5.06. The second-order valence-corrected chi connectivity index (χ2v) is 6.24. The average molecular weight is 287 g/mol. The Morgan fingerprint density at radius 3 is 2.86 bits per heavy atom. The molecule has 5 heteroatoms. The number of amides is 2. The zero-order valence-corrected chi connectivity index (χ0v) is 12.5. The van der Waals surface area contributed by atoms with Crippen LogP contribution >= 0.6 is 0 Å². The van der Waals surface area contributed by atoms with Crippen LogP contribution in [0.2, 0.25) is 0 Å². The summed E-state index contributed by atoms with van der Waals surface area (Å²) >= 11 is 0. The number of nitrogens with zero attached hydrogens (tertiary/aromatic N) is 1. The molecule has 1 saturated heterocycles. The van der Waals surface area contributed by atoms with Gasteiger partial charge < -0.3 is 15.5 Å². The number of carbonyl (C=O) groups excluding carboxylic acids is 2. The molecule has 21 heavy (non-hydrogen) atoms. The molecule has 1 aromatic rings. The quantitative estimate of drug-likeness (QED) is 0.810. The van der Waals surface area contributed by atoms with E-state index >= 15 is 0 Å². The van der Waals surface area contributed by atoms with Crippen molar-refractivity contribution in [1.29, 1.82) is 0 Å². The van der Waals surface area contributed by atoms with Crippen LogP contribution in [0.5, 0.6) is 0 Å². The van der Waals surface area contributed by atoms with Gasteiger partial charge in [-0.3, -0.25) is 9.59 Å². The van der Waals surface area contributed by atoms with Crippen LogP contribution < -0.4 is 10.6 Å². The molecule has 3 rings (SSSR count). The van der Waals surface area contributed by atoms with Crippen molar-refractivity contribution in [2.45, 2.75) is 25.8 Å². The van der Waals surface area contributed by atoms with Crippen molar-refractivity contribution in [3.8, 4) is 0 Å². The third kappa shape index (κ3) is 2.37. The van der Waals surface area contributed by atoms with Crippen molar-refractivity contribution >= 4 is 17.5 Å². The Morgan fingerprint density at radius 1 is 1.29 bits per heavy atom. The molecule has 0 aliphatic carbocycles. The Balaban J connectivity index is 1.79. The van der Waals surface area contributed by atoms with Crippen molar-refractivity contribution in [1.82, 2.24) is 10.2 Å². The number of para-hydroxylation sites is 1. The molecule has 112 valence electrons. The highest BCUT2D eigenvalue weighted by Crippen LogP contribution is 2.28. The Kier molecular flexibility index (Phi) is 3.35. The molecule has 2 N–H and O–H groups in total. The number of hydrogen-bond donors (Lipinski definition) is 2. The minimum Gasteiger partial charge on any atom is -0.384 e. The number of anilines is 1. The van der Waals surface area contributed by atoms with Crippen molar-refractivity contribution in [2.75, 3.05) is 25.0 Å². The van der Waals surface area contributed by atoms with Crippen molar-refractivity contribution in [2.24, 2.45) is 5.92 Å². The van der Waals surface area contributed by atoms with Crippen LogP contribution in [0.4, 0.5) is 5.69 Å². The standard InChI is InChI=1S/C16H21N3O2/c1-16(2)15(21)17-7-8-19(16)14(20)12-9-11-5-3-4-6-13(11)18-10-12/h3-6,12,18H,7-10H2,1-2H3,(H,17,21). The van der Waals surface area contributed by atoms with Crippen LogP contribution in [0.1, 0.15) is 19.4 Å². The molecule has 0 aromatic heterocycles. The lowest BCUT2D eigenvalue weighted by Crippen LogP contribution is -2.64. The van der Waals surface area contributed by atoms with Crippen molar-refractivity contribution in [3.05, 3.63) is 29.8 Å². The monoisotopic (exact) mass is 287 g/mol. The first-order valence-electron chi connectivity index (χ1n) is 7.41. The van der Waals surface area contributed by atoms with Crippen LogP contribution in [0.25, 0.3) is 0 Å². The van der Waals surface area contributed by atoms with Crippen LogP contribution in [-0.4, -0.2) is 41.9 Å². The fourth-order valence-electron chi connectivity index (χ4n) is 3.12. The van der Waals surface area contributed by atoms with Crippen LogP contribution in [0.3, 0.4) is 0 Å². The smallest absolute Gasteiger partial charge is 0.245 e. The summed E-state index contributed by atoms with van der Waals surface area (Å²) in [6, 6.07) is 8.07. The number of fused-ring (bicyclic) bond motifs is 1. The average Bonchev–Trinajstić information content (AvgIpc) is 2.49. The lowest BCUT2D eigenvalue weighted by molar-refractivity contribution is -0.151. The maximum absolute atomic E-state index is 12.8. The molecule has 2 aliphatic rings. The van der Waals surface area contributed by atoms with Crippen LogP contribution in [0.15, 0.2) is 24.3 Å². The van der Waals surface area contributed by atoms with E-state index in [1.807, 2.05) is 32.0 Å². The fraction of sp³-hybridized carbons (Fsp3) is 0.500. The maximum atomic E-state index is 12.8. The number of benzene rings is 1. The first-order valence-corrected chi connectivity index (χ1v) is 7.41. The van der Waals surface area contributed by atoms with E-state index in [0.717, 1.165) is 12.1 Å². The van der Waals surface area contributed by atoms with Gasteiger partial charge in [0, 0.05) is 25.3 Å². The Hall–Kier alpha value is -2.04. The zero-order valence-electron chi connectivity index (χ0n) is 12.5. The van der Waals surface area contributed by atoms with Crippen LogP contribution in [-0.2, 0) is 16.0 Å². The summed E-state index contributed by atoms with van der Waals surface area (Å²) in [6.45, 7) is 5.36. The SMILES string of the molecule is CC1(C)C(=O)NCCN1C(=O)C1CNc2ccccc2C1. The van der Waals surface area contributed by atoms with Gasteiger partial charge in [-0.25, -0.2) is 0 Å². The third-order valence-corrected chi connectivity index (χ3v) is 4.49. The molecule has 2 heterocycles. The lowest BCUT2D eigenvalue weighted by Gasteiger charge is -2.43. The van der Waals surface area contributed by atoms with Crippen molar-refractivity contribution < 1.29 is 9.59 Å². The molecule has 0 saturated carbocycles. The molecular weight excluding hydrogens is 266 g/mol. The molecule has 5 nitrogen and oxygen atoms in total. The third-order valence-electron chi connectivity index (χ3n) is 4.49. The van der Waals surface area contributed by atoms with E-state index in [2.05, 4.69) is 16.7 Å². The summed E-state index contributed by atoms with van der Waals surface area (Å²) in [4.78, 5) is 26.5. The molecule has 0 bridgehead atoms. The Bertz CT molecular complexity index is 583. The number of hydrogen-bond acceptors (Lipinski definition) is 3.